The number of hydrogen-bond acceptors (Lipinski definition) is 1. The highest BCUT2D eigenvalue weighted by Crippen LogP contribution is 2.57. The van der Waals surface area contributed by atoms with Crippen molar-refractivity contribution < 1.29 is 0 Å². The lowest BCUT2D eigenvalue weighted by atomic mass is 9.74. The zero-order chi connectivity index (χ0) is 14.4. The van der Waals surface area contributed by atoms with Crippen molar-refractivity contribution in [1.82, 2.24) is 4.90 Å². The molecule has 2 aliphatic rings. The van der Waals surface area contributed by atoms with E-state index in [9.17, 15) is 0 Å². The van der Waals surface area contributed by atoms with Gasteiger partial charge in [0.25, 0.3) is 0 Å². The lowest BCUT2D eigenvalue weighted by Gasteiger charge is -2.34. The average molecular weight is 279 g/mol. The van der Waals surface area contributed by atoms with Gasteiger partial charge in [-0.05, 0) is 73.4 Å². The molecule has 0 heterocycles. The second kappa shape index (κ2) is 5.14. The first kappa shape index (κ1) is 13.3. The largest absolute Gasteiger partial charge is 0.309 e. The Morgan fingerprint density at radius 1 is 0.952 bits per heavy atom. The van der Waals surface area contributed by atoms with E-state index in [1.54, 1.807) is 5.56 Å². The van der Waals surface area contributed by atoms with Crippen LogP contribution in [0.3, 0.4) is 0 Å². The fourth-order valence-electron chi connectivity index (χ4n) is 5.12. The number of fused-ring (bicyclic) bond motifs is 3. The summed E-state index contributed by atoms with van der Waals surface area (Å²) in [6.07, 6.45) is 4.37. The van der Waals surface area contributed by atoms with Gasteiger partial charge in [-0.15, -0.1) is 0 Å². The lowest BCUT2D eigenvalue weighted by Crippen LogP contribution is -2.30. The third-order valence-electron chi connectivity index (χ3n) is 5.85. The van der Waals surface area contributed by atoms with Crippen molar-refractivity contribution in [3.8, 4) is 0 Å². The molecular weight excluding hydrogens is 254 g/mol. The van der Waals surface area contributed by atoms with E-state index in [2.05, 4.69) is 61.5 Å². The standard InChI is InChI=1S/C20H25N/c1-21(2)13-19-15-10-11-16(12-15)20(19)18-9-5-7-14-6-3-4-8-17(14)18/h3-9,15-16,19-20H,10-13H2,1-2H3/t15-,16+,19+,20-/m1/s1. The molecule has 2 saturated carbocycles. The monoisotopic (exact) mass is 279 g/mol. The second-order valence-corrected chi connectivity index (χ2v) is 7.35. The van der Waals surface area contributed by atoms with Crippen molar-refractivity contribution in [2.75, 3.05) is 20.6 Å². The van der Waals surface area contributed by atoms with Crippen LogP contribution in [-0.4, -0.2) is 25.5 Å². The maximum Gasteiger partial charge on any atom is 0.00122 e. The predicted octanol–water partition coefficient (Wildman–Crippen LogP) is 4.53. The molecule has 0 aliphatic heterocycles. The van der Waals surface area contributed by atoms with Crippen LogP contribution in [0.1, 0.15) is 30.7 Å². The van der Waals surface area contributed by atoms with Crippen LogP contribution in [-0.2, 0) is 0 Å². The maximum absolute atomic E-state index is 2.40. The molecule has 0 saturated heterocycles. The zero-order valence-electron chi connectivity index (χ0n) is 13.1. The van der Waals surface area contributed by atoms with Gasteiger partial charge in [0, 0.05) is 6.54 Å². The SMILES string of the molecule is CN(C)C[C@H]1[C@@H]2CC[C@@H](C2)[C@@H]1c1cccc2ccccc12. The number of rotatable bonds is 3. The molecule has 110 valence electrons. The predicted molar refractivity (Wildman–Crippen MR) is 89.6 cm³/mol. The summed E-state index contributed by atoms with van der Waals surface area (Å²) < 4.78 is 0. The van der Waals surface area contributed by atoms with Crippen LogP contribution in [0.15, 0.2) is 42.5 Å². The number of hydrogen-bond donors (Lipinski definition) is 0. The molecule has 21 heavy (non-hydrogen) atoms. The first-order valence-electron chi connectivity index (χ1n) is 8.36. The summed E-state index contributed by atoms with van der Waals surface area (Å²) in [4.78, 5) is 2.39. The molecule has 2 fully saturated rings. The van der Waals surface area contributed by atoms with Gasteiger partial charge in [-0.3, -0.25) is 0 Å². The quantitative estimate of drug-likeness (QED) is 0.798. The molecule has 2 aromatic rings. The van der Waals surface area contributed by atoms with E-state index in [1.165, 1.54) is 36.6 Å². The third-order valence-corrected chi connectivity index (χ3v) is 5.85. The van der Waals surface area contributed by atoms with Gasteiger partial charge in [0.15, 0.2) is 0 Å². The summed E-state index contributed by atoms with van der Waals surface area (Å²) in [5.74, 6) is 3.51. The Hall–Kier alpha value is -1.34. The van der Waals surface area contributed by atoms with Gasteiger partial charge in [0.1, 0.15) is 0 Å². The molecule has 0 radical (unpaired) electrons. The molecule has 2 aliphatic carbocycles. The van der Waals surface area contributed by atoms with Gasteiger partial charge in [-0.25, -0.2) is 0 Å². The summed E-state index contributed by atoms with van der Waals surface area (Å²) in [6, 6.07) is 15.8. The van der Waals surface area contributed by atoms with Crippen LogP contribution in [0.2, 0.25) is 0 Å². The van der Waals surface area contributed by atoms with Gasteiger partial charge in [0.2, 0.25) is 0 Å². The molecule has 2 aromatic carbocycles. The Morgan fingerprint density at radius 2 is 1.71 bits per heavy atom. The van der Waals surface area contributed by atoms with Gasteiger partial charge < -0.3 is 4.90 Å². The van der Waals surface area contributed by atoms with Gasteiger partial charge in [-0.2, -0.15) is 0 Å². The van der Waals surface area contributed by atoms with E-state index in [0.29, 0.717) is 0 Å². The van der Waals surface area contributed by atoms with Gasteiger partial charge in [0.05, 0.1) is 0 Å². The van der Waals surface area contributed by atoms with Crippen molar-refractivity contribution in [3.63, 3.8) is 0 Å². The molecular formula is C20H25N. The minimum Gasteiger partial charge on any atom is -0.309 e. The highest BCUT2D eigenvalue weighted by Gasteiger charge is 2.48. The Labute approximate surface area is 128 Å². The molecule has 0 N–H and O–H groups in total. The van der Waals surface area contributed by atoms with E-state index >= 15 is 0 Å². The molecule has 0 amide bonds. The summed E-state index contributed by atoms with van der Waals surface area (Å²) in [5.41, 5.74) is 1.62. The van der Waals surface area contributed by atoms with Crippen LogP contribution in [0.5, 0.6) is 0 Å². The van der Waals surface area contributed by atoms with Crippen LogP contribution in [0.25, 0.3) is 10.8 Å². The summed E-state index contributed by atoms with van der Waals surface area (Å²) in [7, 11) is 4.46. The Balaban J connectivity index is 1.79. The molecule has 4 rings (SSSR count). The lowest BCUT2D eigenvalue weighted by molar-refractivity contribution is 0.220. The minimum atomic E-state index is 0.775. The van der Waals surface area contributed by atoms with Crippen molar-refractivity contribution in [3.05, 3.63) is 48.0 Å². The summed E-state index contributed by atoms with van der Waals surface area (Å²) in [5, 5.41) is 2.89. The number of nitrogens with zero attached hydrogens (tertiary/aromatic N) is 1. The van der Waals surface area contributed by atoms with Crippen molar-refractivity contribution in [1.29, 1.82) is 0 Å². The minimum absolute atomic E-state index is 0.775. The molecule has 0 aromatic heterocycles. The third kappa shape index (κ3) is 2.19. The smallest absolute Gasteiger partial charge is 0.00122 e. The van der Waals surface area contributed by atoms with Gasteiger partial charge >= 0.3 is 0 Å². The van der Waals surface area contributed by atoms with Crippen LogP contribution in [0, 0.1) is 17.8 Å². The summed E-state index contributed by atoms with van der Waals surface area (Å²) >= 11 is 0. The maximum atomic E-state index is 2.40. The molecule has 1 heteroatoms. The highest BCUT2D eigenvalue weighted by atomic mass is 15.1. The van der Waals surface area contributed by atoms with E-state index in [1.807, 2.05) is 0 Å². The fraction of sp³-hybridized carbons (Fsp3) is 0.500. The van der Waals surface area contributed by atoms with E-state index < -0.39 is 0 Å². The van der Waals surface area contributed by atoms with Crippen molar-refractivity contribution >= 4 is 10.8 Å². The fourth-order valence-corrected chi connectivity index (χ4v) is 5.12. The molecule has 0 spiro atoms. The number of benzene rings is 2. The van der Waals surface area contributed by atoms with Gasteiger partial charge in [-0.1, -0.05) is 42.5 Å². The van der Waals surface area contributed by atoms with Crippen molar-refractivity contribution in [2.24, 2.45) is 17.8 Å². The molecule has 1 nitrogen and oxygen atoms in total. The molecule has 4 atom stereocenters. The average Bonchev–Trinajstić information content (AvgIpc) is 3.07. The Morgan fingerprint density at radius 3 is 2.57 bits per heavy atom. The highest BCUT2D eigenvalue weighted by molar-refractivity contribution is 5.86. The zero-order valence-corrected chi connectivity index (χ0v) is 13.1. The van der Waals surface area contributed by atoms with Crippen LogP contribution in [0.4, 0.5) is 0 Å². The topological polar surface area (TPSA) is 3.24 Å². The first-order valence-corrected chi connectivity index (χ1v) is 8.36. The van der Waals surface area contributed by atoms with E-state index in [0.717, 1.165) is 23.7 Å². The second-order valence-electron chi connectivity index (χ2n) is 7.35. The van der Waals surface area contributed by atoms with E-state index in [-0.39, 0.29) is 0 Å². The molecule has 2 bridgehead atoms. The van der Waals surface area contributed by atoms with Crippen molar-refractivity contribution in [2.45, 2.75) is 25.2 Å². The Kier molecular flexibility index (Phi) is 3.26. The van der Waals surface area contributed by atoms with E-state index in [4.69, 9.17) is 0 Å². The van der Waals surface area contributed by atoms with Crippen LogP contribution >= 0.6 is 0 Å². The normalized spacial score (nSPS) is 31.4. The Bertz CT molecular complexity index is 640. The molecule has 0 unspecified atom stereocenters. The van der Waals surface area contributed by atoms with Crippen LogP contribution < -0.4 is 0 Å². The first-order chi connectivity index (χ1) is 10.2. The summed E-state index contributed by atoms with van der Waals surface area (Å²) in [6.45, 7) is 1.25.